The monoisotopic (exact) mass is 245 g/mol. The molecule has 0 aromatic carbocycles. The van der Waals surface area contributed by atoms with E-state index in [2.05, 4.69) is 4.90 Å². The molecule has 4 heteroatoms. The number of rotatable bonds is 6. The maximum atomic E-state index is 12.0. The molecule has 0 aromatic rings. The third-order valence-corrected chi connectivity index (χ3v) is 3.67. The number of alkyl halides is 1. The molecule has 3 nitrogen and oxygen atoms in total. The average Bonchev–Trinajstić information content (AvgIpc) is 2.89. The van der Waals surface area contributed by atoms with Crippen LogP contribution in [0.5, 0.6) is 0 Å². The molecule has 2 heterocycles. The fourth-order valence-electron chi connectivity index (χ4n) is 2.66. The first-order valence-electron chi connectivity index (χ1n) is 6.91. The molecule has 2 aliphatic rings. The summed E-state index contributed by atoms with van der Waals surface area (Å²) in [4.78, 5) is 2.44. The third kappa shape index (κ3) is 4.19. The van der Waals surface area contributed by atoms with Gasteiger partial charge in [-0.05, 0) is 38.6 Å². The molecule has 2 fully saturated rings. The van der Waals surface area contributed by atoms with Gasteiger partial charge in [-0.3, -0.25) is 9.29 Å². The van der Waals surface area contributed by atoms with E-state index in [1.54, 1.807) is 0 Å². The highest BCUT2D eigenvalue weighted by molar-refractivity contribution is 4.81. The lowest BCUT2D eigenvalue weighted by Crippen LogP contribution is -2.47. The van der Waals surface area contributed by atoms with Gasteiger partial charge >= 0.3 is 0 Å². The van der Waals surface area contributed by atoms with Crippen molar-refractivity contribution in [3.05, 3.63) is 0 Å². The van der Waals surface area contributed by atoms with Crippen molar-refractivity contribution in [2.75, 3.05) is 39.5 Å². The summed E-state index contributed by atoms with van der Waals surface area (Å²) in [6, 6.07) is 0. The van der Waals surface area contributed by atoms with Gasteiger partial charge in [-0.15, -0.1) is 0 Å². The zero-order valence-electron chi connectivity index (χ0n) is 10.6. The summed E-state index contributed by atoms with van der Waals surface area (Å²) in [5.74, 6) is 0. The minimum absolute atomic E-state index is 0.179. The first-order chi connectivity index (χ1) is 8.40. The van der Waals surface area contributed by atoms with E-state index < -0.39 is 0 Å². The van der Waals surface area contributed by atoms with Crippen LogP contribution in [0, 0.1) is 0 Å². The van der Waals surface area contributed by atoms with Crippen LogP contribution in [0.2, 0.25) is 0 Å². The Morgan fingerprint density at radius 1 is 1.06 bits per heavy atom. The Balaban J connectivity index is 1.65. The van der Waals surface area contributed by atoms with Gasteiger partial charge in [0.1, 0.15) is 0 Å². The van der Waals surface area contributed by atoms with Crippen molar-refractivity contribution in [2.24, 2.45) is 0 Å². The molecule has 2 saturated heterocycles. The van der Waals surface area contributed by atoms with E-state index in [9.17, 15) is 4.39 Å². The molecular formula is C13H24FNO2. The van der Waals surface area contributed by atoms with Gasteiger partial charge in [0.05, 0.1) is 25.5 Å². The van der Waals surface area contributed by atoms with Crippen LogP contribution in [-0.2, 0) is 9.47 Å². The number of hydrogen-bond acceptors (Lipinski definition) is 3. The topological polar surface area (TPSA) is 21.7 Å². The average molecular weight is 245 g/mol. The molecule has 0 spiro atoms. The SMILES string of the molecule is FCCCCCN1CCO[C@H]([C@@H]2CCCO2)C1. The predicted octanol–water partition coefficient (Wildman–Crippen LogP) is 2.01. The molecule has 2 aliphatic heterocycles. The molecule has 17 heavy (non-hydrogen) atoms. The van der Waals surface area contributed by atoms with Crippen molar-refractivity contribution in [3.8, 4) is 0 Å². The molecule has 2 atom stereocenters. The molecule has 0 radical (unpaired) electrons. The molecule has 0 unspecified atom stereocenters. The second-order valence-corrected chi connectivity index (χ2v) is 5.01. The predicted molar refractivity (Wildman–Crippen MR) is 65.0 cm³/mol. The second kappa shape index (κ2) is 7.29. The van der Waals surface area contributed by atoms with E-state index in [0.717, 1.165) is 52.1 Å². The van der Waals surface area contributed by atoms with Gasteiger partial charge in [-0.1, -0.05) is 0 Å². The van der Waals surface area contributed by atoms with Crippen molar-refractivity contribution in [1.29, 1.82) is 0 Å². The van der Waals surface area contributed by atoms with Crippen molar-refractivity contribution in [3.63, 3.8) is 0 Å². The summed E-state index contributed by atoms with van der Waals surface area (Å²) in [7, 11) is 0. The van der Waals surface area contributed by atoms with Crippen LogP contribution in [0.1, 0.15) is 32.1 Å². The number of morpholine rings is 1. The van der Waals surface area contributed by atoms with E-state index in [0.29, 0.717) is 12.5 Å². The fraction of sp³-hybridized carbons (Fsp3) is 1.00. The Bertz CT molecular complexity index is 210. The summed E-state index contributed by atoms with van der Waals surface area (Å²) in [5, 5.41) is 0. The quantitative estimate of drug-likeness (QED) is 0.668. The van der Waals surface area contributed by atoms with Crippen molar-refractivity contribution in [2.45, 2.75) is 44.3 Å². The summed E-state index contributed by atoms with van der Waals surface area (Å²) in [5.41, 5.74) is 0. The zero-order valence-corrected chi connectivity index (χ0v) is 10.6. The summed E-state index contributed by atoms with van der Waals surface area (Å²) < 4.78 is 23.5. The van der Waals surface area contributed by atoms with Crippen molar-refractivity contribution < 1.29 is 13.9 Å². The van der Waals surface area contributed by atoms with Gasteiger partial charge in [0.25, 0.3) is 0 Å². The highest BCUT2D eigenvalue weighted by atomic mass is 19.1. The molecule has 0 aliphatic carbocycles. The normalized spacial score (nSPS) is 30.9. The molecule has 0 bridgehead atoms. The Hall–Kier alpha value is -0.190. The Kier molecular flexibility index (Phi) is 5.68. The lowest BCUT2D eigenvalue weighted by atomic mass is 10.1. The molecule has 0 amide bonds. The van der Waals surface area contributed by atoms with Gasteiger partial charge in [0.2, 0.25) is 0 Å². The molecule has 100 valence electrons. The van der Waals surface area contributed by atoms with Crippen molar-refractivity contribution in [1.82, 2.24) is 4.90 Å². The van der Waals surface area contributed by atoms with Gasteiger partial charge in [-0.25, -0.2) is 0 Å². The fourth-order valence-corrected chi connectivity index (χ4v) is 2.66. The number of nitrogens with zero attached hydrogens (tertiary/aromatic N) is 1. The van der Waals surface area contributed by atoms with E-state index in [4.69, 9.17) is 9.47 Å². The highest BCUT2D eigenvalue weighted by Crippen LogP contribution is 2.21. The van der Waals surface area contributed by atoms with E-state index in [1.807, 2.05) is 0 Å². The Morgan fingerprint density at radius 3 is 2.71 bits per heavy atom. The van der Waals surface area contributed by atoms with Crippen LogP contribution in [0.15, 0.2) is 0 Å². The zero-order chi connectivity index (χ0) is 11.9. The summed E-state index contributed by atoms with van der Waals surface area (Å²) in [6.45, 7) is 4.60. The molecule has 0 N–H and O–H groups in total. The molecule has 0 saturated carbocycles. The summed E-state index contributed by atoms with van der Waals surface area (Å²) >= 11 is 0. The van der Waals surface area contributed by atoms with E-state index in [1.165, 1.54) is 6.42 Å². The van der Waals surface area contributed by atoms with Crippen LogP contribution in [0.4, 0.5) is 4.39 Å². The number of unbranched alkanes of at least 4 members (excludes halogenated alkanes) is 2. The lowest BCUT2D eigenvalue weighted by molar-refractivity contribution is -0.0943. The largest absolute Gasteiger partial charge is 0.375 e. The van der Waals surface area contributed by atoms with E-state index >= 15 is 0 Å². The second-order valence-electron chi connectivity index (χ2n) is 5.01. The van der Waals surface area contributed by atoms with Crippen LogP contribution in [0.25, 0.3) is 0 Å². The van der Waals surface area contributed by atoms with Gasteiger partial charge in [0.15, 0.2) is 0 Å². The van der Waals surface area contributed by atoms with Crippen LogP contribution in [0.3, 0.4) is 0 Å². The first kappa shape index (κ1) is 13.2. The van der Waals surface area contributed by atoms with Crippen LogP contribution in [-0.4, -0.2) is 56.6 Å². The molecule has 2 rings (SSSR count). The van der Waals surface area contributed by atoms with Crippen molar-refractivity contribution >= 4 is 0 Å². The number of ether oxygens (including phenoxy) is 2. The van der Waals surface area contributed by atoms with Crippen LogP contribution < -0.4 is 0 Å². The summed E-state index contributed by atoms with van der Waals surface area (Å²) in [6.07, 6.45) is 5.68. The number of hydrogen-bond donors (Lipinski definition) is 0. The maximum Gasteiger partial charge on any atom is 0.0963 e. The smallest absolute Gasteiger partial charge is 0.0963 e. The first-order valence-corrected chi connectivity index (χ1v) is 6.91. The third-order valence-electron chi connectivity index (χ3n) is 3.67. The van der Waals surface area contributed by atoms with E-state index in [-0.39, 0.29) is 12.8 Å². The standard InChI is InChI=1S/C13H24FNO2/c14-6-2-1-3-7-15-8-10-17-13(11-15)12-5-4-9-16-12/h12-13H,1-11H2/t12-,13-/m0/s1. The van der Waals surface area contributed by atoms with Crippen LogP contribution >= 0.6 is 0 Å². The maximum absolute atomic E-state index is 12.0. The highest BCUT2D eigenvalue weighted by Gasteiger charge is 2.30. The molecule has 0 aromatic heterocycles. The molecular weight excluding hydrogens is 221 g/mol. The lowest BCUT2D eigenvalue weighted by Gasteiger charge is -2.35. The Labute approximate surface area is 103 Å². The minimum Gasteiger partial charge on any atom is -0.375 e. The Morgan fingerprint density at radius 2 is 1.94 bits per heavy atom. The van der Waals surface area contributed by atoms with Gasteiger partial charge in [0, 0.05) is 19.7 Å². The minimum atomic E-state index is -0.179. The van der Waals surface area contributed by atoms with Gasteiger partial charge in [-0.2, -0.15) is 0 Å². The van der Waals surface area contributed by atoms with Gasteiger partial charge < -0.3 is 9.47 Å². The number of halogens is 1.